The predicted molar refractivity (Wildman–Crippen MR) is 96.5 cm³/mol. The van der Waals surface area contributed by atoms with Gasteiger partial charge in [-0.3, -0.25) is 14.4 Å². The molecule has 0 radical (unpaired) electrons. The minimum atomic E-state index is -0.0523. The second kappa shape index (κ2) is 9.20. The van der Waals surface area contributed by atoms with Gasteiger partial charge in [0.05, 0.1) is 0 Å². The zero-order valence-electron chi connectivity index (χ0n) is 15.1. The van der Waals surface area contributed by atoms with E-state index in [-0.39, 0.29) is 11.8 Å². The minimum absolute atomic E-state index is 0.0160. The van der Waals surface area contributed by atoms with Crippen LogP contribution in [0.3, 0.4) is 0 Å². The van der Waals surface area contributed by atoms with Crippen molar-refractivity contribution >= 4 is 18.2 Å². The monoisotopic (exact) mass is 345 g/mol. The van der Waals surface area contributed by atoms with Gasteiger partial charge in [0, 0.05) is 50.4 Å². The van der Waals surface area contributed by atoms with Crippen LogP contribution in [0, 0.1) is 0 Å². The molecule has 25 heavy (non-hydrogen) atoms. The molecule has 1 aliphatic rings. The van der Waals surface area contributed by atoms with Crippen molar-refractivity contribution in [1.82, 2.24) is 14.7 Å². The van der Waals surface area contributed by atoms with Gasteiger partial charge in [0.1, 0.15) is 0 Å². The van der Waals surface area contributed by atoms with Crippen molar-refractivity contribution in [3.05, 3.63) is 35.4 Å². The van der Waals surface area contributed by atoms with Gasteiger partial charge in [0.25, 0.3) is 11.8 Å². The normalized spacial score (nSPS) is 14.3. The van der Waals surface area contributed by atoms with Crippen LogP contribution in [0.2, 0.25) is 0 Å². The molecule has 2 rings (SSSR count). The number of nitrogens with zero attached hydrogens (tertiary/aromatic N) is 3. The molecule has 1 aromatic rings. The van der Waals surface area contributed by atoms with Gasteiger partial charge in [-0.15, -0.1) is 0 Å². The molecule has 1 aromatic carbocycles. The largest absolute Gasteiger partial charge is 0.342 e. The van der Waals surface area contributed by atoms with Crippen molar-refractivity contribution < 1.29 is 14.4 Å². The number of carbonyl (C=O) groups excluding carboxylic acids is 3. The standard InChI is InChI=1S/C19H27N3O3/c1-3-9-21(10-4-2)18(24)16-5-7-17(8-6-16)19(25)22-13-11-20(15-23)12-14-22/h5-8,15H,3-4,9-14H2,1-2H3. The fourth-order valence-electron chi connectivity index (χ4n) is 3.01. The third kappa shape index (κ3) is 4.81. The van der Waals surface area contributed by atoms with Gasteiger partial charge in [0.15, 0.2) is 0 Å². The highest BCUT2D eigenvalue weighted by atomic mass is 16.2. The van der Waals surface area contributed by atoms with Crippen molar-refractivity contribution in [3.8, 4) is 0 Å². The van der Waals surface area contributed by atoms with Crippen molar-refractivity contribution in [2.75, 3.05) is 39.3 Å². The Morgan fingerprint density at radius 3 is 1.96 bits per heavy atom. The molecule has 1 heterocycles. The van der Waals surface area contributed by atoms with Crippen molar-refractivity contribution in [2.24, 2.45) is 0 Å². The molecular formula is C19H27N3O3. The summed E-state index contributed by atoms with van der Waals surface area (Å²) in [6.45, 7) is 7.81. The quantitative estimate of drug-likeness (QED) is 0.709. The van der Waals surface area contributed by atoms with E-state index in [1.165, 1.54) is 0 Å². The Labute approximate surface area is 149 Å². The molecule has 0 spiro atoms. The third-order valence-corrected chi connectivity index (χ3v) is 4.40. The Kier molecular flexibility index (Phi) is 6.98. The lowest BCUT2D eigenvalue weighted by molar-refractivity contribution is -0.119. The second-order valence-electron chi connectivity index (χ2n) is 6.30. The Bertz CT molecular complexity index is 586. The van der Waals surface area contributed by atoms with E-state index in [1.54, 1.807) is 34.1 Å². The molecule has 0 atom stereocenters. The second-order valence-corrected chi connectivity index (χ2v) is 6.30. The molecule has 136 valence electrons. The van der Waals surface area contributed by atoms with E-state index >= 15 is 0 Å². The van der Waals surface area contributed by atoms with Gasteiger partial charge in [-0.05, 0) is 37.1 Å². The molecular weight excluding hydrogens is 318 g/mol. The number of amides is 3. The van der Waals surface area contributed by atoms with Crippen molar-refractivity contribution in [1.29, 1.82) is 0 Å². The first-order valence-electron chi connectivity index (χ1n) is 8.98. The maximum absolute atomic E-state index is 12.6. The van der Waals surface area contributed by atoms with Gasteiger partial charge in [0.2, 0.25) is 6.41 Å². The maximum Gasteiger partial charge on any atom is 0.253 e. The first-order valence-corrected chi connectivity index (χ1v) is 8.98. The summed E-state index contributed by atoms with van der Waals surface area (Å²) in [6, 6.07) is 6.90. The van der Waals surface area contributed by atoms with Crippen molar-refractivity contribution in [2.45, 2.75) is 26.7 Å². The number of carbonyl (C=O) groups is 3. The number of hydrogen-bond acceptors (Lipinski definition) is 3. The van der Waals surface area contributed by atoms with Crippen LogP contribution in [-0.4, -0.2) is 72.2 Å². The van der Waals surface area contributed by atoms with Gasteiger partial charge >= 0.3 is 0 Å². The average molecular weight is 345 g/mol. The fraction of sp³-hybridized carbons (Fsp3) is 0.526. The molecule has 0 bridgehead atoms. The maximum atomic E-state index is 12.6. The number of hydrogen-bond donors (Lipinski definition) is 0. The molecule has 0 aliphatic carbocycles. The van der Waals surface area contributed by atoms with E-state index in [9.17, 15) is 14.4 Å². The van der Waals surface area contributed by atoms with Crippen LogP contribution in [0.4, 0.5) is 0 Å². The number of benzene rings is 1. The van der Waals surface area contributed by atoms with Crippen LogP contribution in [0.15, 0.2) is 24.3 Å². The molecule has 1 aliphatic heterocycles. The lowest BCUT2D eigenvalue weighted by Crippen LogP contribution is -2.48. The van der Waals surface area contributed by atoms with Gasteiger partial charge in [-0.1, -0.05) is 13.8 Å². The lowest BCUT2D eigenvalue weighted by Gasteiger charge is -2.32. The molecule has 6 nitrogen and oxygen atoms in total. The van der Waals surface area contributed by atoms with Crippen LogP contribution in [0.5, 0.6) is 0 Å². The highest BCUT2D eigenvalue weighted by molar-refractivity contribution is 5.97. The van der Waals surface area contributed by atoms with Crippen LogP contribution in [0.25, 0.3) is 0 Å². The van der Waals surface area contributed by atoms with Gasteiger partial charge in [-0.25, -0.2) is 0 Å². The third-order valence-electron chi connectivity index (χ3n) is 4.40. The molecule has 1 fully saturated rings. The number of rotatable bonds is 7. The summed E-state index contributed by atoms with van der Waals surface area (Å²) in [5.74, 6) is -0.0363. The summed E-state index contributed by atoms with van der Waals surface area (Å²) >= 11 is 0. The highest BCUT2D eigenvalue weighted by Gasteiger charge is 2.22. The first kappa shape index (κ1) is 19.0. The molecule has 6 heteroatoms. The van der Waals surface area contributed by atoms with E-state index in [0.717, 1.165) is 32.3 Å². The van der Waals surface area contributed by atoms with Gasteiger partial charge in [-0.2, -0.15) is 0 Å². The van der Waals surface area contributed by atoms with Gasteiger partial charge < -0.3 is 14.7 Å². The molecule has 3 amide bonds. The zero-order valence-corrected chi connectivity index (χ0v) is 15.1. The molecule has 0 saturated carbocycles. The summed E-state index contributed by atoms with van der Waals surface area (Å²) < 4.78 is 0. The highest BCUT2D eigenvalue weighted by Crippen LogP contribution is 2.12. The van der Waals surface area contributed by atoms with Crippen LogP contribution < -0.4 is 0 Å². The van der Waals surface area contributed by atoms with E-state index in [0.29, 0.717) is 37.3 Å². The lowest BCUT2D eigenvalue weighted by atomic mass is 10.1. The predicted octanol–water partition coefficient (Wildman–Crippen LogP) is 1.86. The molecule has 0 N–H and O–H groups in total. The smallest absolute Gasteiger partial charge is 0.253 e. The zero-order chi connectivity index (χ0) is 18.2. The van der Waals surface area contributed by atoms with E-state index in [1.807, 2.05) is 4.90 Å². The summed E-state index contributed by atoms with van der Waals surface area (Å²) in [7, 11) is 0. The molecule has 0 unspecified atom stereocenters. The number of piperazine rings is 1. The Morgan fingerprint density at radius 1 is 0.960 bits per heavy atom. The molecule has 0 aromatic heterocycles. The van der Waals surface area contributed by atoms with Crippen LogP contribution in [-0.2, 0) is 4.79 Å². The average Bonchev–Trinajstić information content (AvgIpc) is 2.67. The topological polar surface area (TPSA) is 60.9 Å². The Morgan fingerprint density at radius 2 is 1.48 bits per heavy atom. The van der Waals surface area contributed by atoms with E-state index in [4.69, 9.17) is 0 Å². The summed E-state index contributed by atoms with van der Waals surface area (Å²) in [6.07, 6.45) is 2.67. The molecule has 1 saturated heterocycles. The Balaban J connectivity index is 2.02. The minimum Gasteiger partial charge on any atom is -0.342 e. The van der Waals surface area contributed by atoms with Crippen molar-refractivity contribution in [3.63, 3.8) is 0 Å². The first-order chi connectivity index (χ1) is 12.1. The van der Waals surface area contributed by atoms with Crippen LogP contribution >= 0.6 is 0 Å². The fourth-order valence-corrected chi connectivity index (χ4v) is 3.01. The van der Waals surface area contributed by atoms with E-state index < -0.39 is 0 Å². The Hall–Kier alpha value is -2.37. The summed E-state index contributed by atoms with van der Waals surface area (Å²) in [5, 5.41) is 0. The van der Waals surface area contributed by atoms with E-state index in [2.05, 4.69) is 13.8 Å². The van der Waals surface area contributed by atoms with Crippen LogP contribution in [0.1, 0.15) is 47.4 Å². The summed E-state index contributed by atoms with van der Waals surface area (Å²) in [4.78, 5) is 41.1. The summed E-state index contributed by atoms with van der Waals surface area (Å²) in [5.41, 5.74) is 1.19. The SMILES string of the molecule is CCCN(CCC)C(=O)c1ccc(C(=O)N2CCN(C=O)CC2)cc1.